The molecule has 3 rings (SSSR count). The fourth-order valence-corrected chi connectivity index (χ4v) is 2.86. The van der Waals surface area contributed by atoms with Gasteiger partial charge in [0.1, 0.15) is 5.60 Å². The Bertz CT molecular complexity index is 287. The third-order valence-electron chi connectivity index (χ3n) is 3.64. The van der Waals surface area contributed by atoms with E-state index >= 15 is 0 Å². The number of fused-ring (bicyclic) bond motifs is 4. The summed E-state index contributed by atoms with van der Waals surface area (Å²) >= 11 is 0. The number of nitrogens with one attached hydrogen (secondary N) is 2. The van der Waals surface area contributed by atoms with Crippen LogP contribution in [-0.4, -0.2) is 30.8 Å². The van der Waals surface area contributed by atoms with Crippen LogP contribution in [0.15, 0.2) is 0 Å². The predicted molar refractivity (Wildman–Crippen MR) is 74.1 cm³/mol. The molecule has 0 aromatic carbocycles. The van der Waals surface area contributed by atoms with Gasteiger partial charge in [-0.3, -0.25) is 0 Å². The number of rotatable bonds is 1. The van der Waals surface area contributed by atoms with Crippen LogP contribution in [0.1, 0.15) is 40.0 Å². The van der Waals surface area contributed by atoms with Gasteiger partial charge in [-0.05, 0) is 65.0 Å². The van der Waals surface area contributed by atoms with Gasteiger partial charge in [-0.1, -0.05) is 0 Å². The maximum Gasteiger partial charge on any atom is 0.407 e. The second-order valence-electron chi connectivity index (χ2n) is 6.35. The quantitative estimate of drug-likeness (QED) is 0.773. The van der Waals surface area contributed by atoms with Crippen molar-refractivity contribution in [3.63, 3.8) is 0 Å². The van der Waals surface area contributed by atoms with Crippen LogP contribution >= 0.6 is 12.4 Å². The molecule has 5 heteroatoms. The number of carbonyl (C=O) groups is 1. The Morgan fingerprint density at radius 3 is 2.67 bits per heavy atom. The van der Waals surface area contributed by atoms with Crippen molar-refractivity contribution in [1.29, 1.82) is 0 Å². The molecule has 3 fully saturated rings. The molecular weight excluding hydrogens is 252 g/mol. The van der Waals surface area contributed by atoms with E-state index in [9.17, 15) is 4.79 Å². The SMILES string of the molecule is CC(C)(C)OC(=O)N[C@@H]1C[C@@H]2CC[C@H]1CNC2.Cl. The monoisotopic (exact) mass is 276 g/mol. The summed E-state index contributed by atoms with van der Waals surface area (Å²) in [6.07, 6.45) is 3.34. The lowest BCUT2D eigenvalue weighted by molar-refractivity contribution is 0.0465. The molecule has 0 radical (unpaired) electrons. The molecule has 3 aliphatic rings. The fourth-order valence-electron chi connectivity index (χ4n) is 2.86. The van der Waals surface area contributed by atoms with Gasteiger partial charge >= 0.3 is 6.09 Å². The zero-order valence-electron chi connectivity index (χ0n) is 11.5. The molecule has 106 valence electrons. The number of hydrogen-bond donors (Lipinski definition) is 2. The molecule has 2 bridgehead atoms. The zero-order chi connectivity index (χ0) is 12.5. The largest absolute Gasteiger partial charge is 0.444 e. The molecule has 3 atom stereocenters. The molecule has 1 aliphatic carbocycles. The van der Waals surface area contributed by atoms with E-state index in [4.69, 9.17) is 4.74 Å². The van der Waals surface area contributed by atoms with Crippen molar-refractivity contribution in [2.45, 2.75) is 51.7 Å². The number of carbonyl (C=O) groups excluding carboxylic acids is 1. The van der Waals surface area contributed by atoms with Crippen molar-refractivity contribution in [3.8, 4) is 0 Å². The highest BCUT2D eigenvalue weighted by Crippen LogP contribution is 2.31. The Hall–Kier alpha value is -0.480. The highest BCUT2D eigenvalue weighted by atomic mass is 35.5. The van der Waals surface area contributed by atoms with Crippen molar-refractivity contribution in [3.05, 3.63) is 0 Å². The average Bonchev–Trinajstić information content (AvgIpc) is 2.48. The summed E-state index contributed by atoms with van der Waals surface area (Å²) in [5, 5.41) is 6.51. The molecule has 1 amide bonds. The lowest BCUT2D eigenvalue weighted by Crippen LogP contribution is -2.46. The first-order chi connectivity index (χ1) is 7.94. The van der Waals surface area contributed by atoms with Gasteiger partial charge in [0.2, 0.25) is 0 Å². The maximum absolute atomic E-state index is 11.8. The van der Waals surface area contributed by atoms with E-state index in [1.165, 1.54) is 12.8 Å². The van der Waals surface area contributed by atoms with Crippen LogP contribution in [-0.2, 0) is 4.74 Å². The molecule has 0 spiro atoms. The minimum atomic E-state index is -0.411. The van der Waals surface area contributed by atoms with Crippen LogP contribution in [0.5, 0.6) is 0 Å². The molecule has 2 heterocycles. The second-order valence-corrected chi connectivity index (χ2v) is 6.35. The Balaban J connectivity index is 0.00000162. The number of ether oxygens (including phenoxy) is 1. The third kappa shape index (κ3) is 4.32. The van der Waals surface area contributed by atoms with Crippen LogP contribution in [0.2, 0.25) is 0 Å². The second kappa shape index (κ2) is 6.11. The summed E-state index contributed by atoms with van der Waals surface area (Å²) in [5.74, 6) is 1.29. The lowest BCUT2D eigenvalue weighted by atomic mass is 9.80. The first-order valence-electron chi connectivity index (χ1n) is 6.64. The number of amides is 1. The minimum Gasteiger partial charge on any atom is -0.444 e. The van der Waals surface area contributed by atoms with E-state index in [-0.39, 0.29) is 18.5 Å². The van der Waals surface area contributed by atoms with E-state index < -0.39 is 5.60 Å². The molecule has 4 nitrogen and oxygen atoms in total. The lowest BCUT2D eigenvalue weighted by Gasteiger charge is -2.33. The highest BCUT2D eigenvalue weighted by Gasteiger charge is 2.34. The minimum absolute atomic E-state index is 0. The molecule has 2 N–H and O–H groups in total. The number of hydrogen-bond acceptors (Lipinski definition) is 3. The maximum atomic E-state index is 11.8. The summed E-state index contributed by atoms with van der Waals surface area (Å²) in [4.78, 5) is 11.8. The normalized spacial score (nSPS) is 31.2. The Kier molecular flexibility index (Phi) is 5.29. The predicted octanol–water partition coefficient (Wildman–Crippen LogP) is 2.32. The molecule has 0 unspecified atom stereocenters. The smallest absolute Gasteiger partial charge is 0.407 e. The van der Waals surface area contributed by atoms with Crippen LogP contribution in [0, 0.1) is 11.8 Å². The van der Waals surface area contributed by atoms with Gasteiger partial charge in [-0.15, -0.1) is 12.4 Å². The summed E-state index contributed by atoms with van der Waals surface area (Å²) in [6.45, 7) is 7.81. The Morgan fingerprint density at radius 1 is 1.28 bits per heavy atom. The van der Waals surface area contributed by atoms with E-state index in [1.54, 1.807) is 0 Å². The van der Waals surface area contributed by atoms with Crippen LogP contribution in [0.3, 0.4) is 0 Å². The standard InChI is InChI=1S/C13H24N2O2.ClH/c1-13(2,3)17-12(16)15-11-6-9-4-5-10(11)8-14-7-9;/h9-11,14H,4-8H2,1-3H3,(H,15,16);1H/t9-,10-,11+;/m0./s1. The van der Waals surface area contributed by atoms with Crippen LogP contribution in [0.25, 0.3) is 0 Å². The van der Waals surface area contributed by atoms with Gasteiger partial charge in [0, 0.05) is 6.04 Å². The van der Waals surface area contributed by atoms with Gasteiger partial charge in [0.15, 0.2) is 0 Å². The van der Waals surface area contributed by atoms with Gasteiger partial charge in [-0.2, -0.15) is 0 Å². The summed E-state index contributed by atoms with van der Waals surface area (Å²) < 4.78 is 5.32. The summed E-state index contributed by atoms with van der Waals surface area (Å²) in [5.41, 5.74) is -0.411. The summed E-state index contributed by atoms with van der Waals surface area (Å²) in [7, 11) is 0. The third-order valence-corrected chi connectivity index (χ3v) is 3.64. The zero-order valence-corrected chi connectivity index (χ0v) is 12.3. The van der Waals surface area contributed by atoms with Gasteiger partial charge < -0.3 is 15.4 Å². The van der Waals surface area contributed by atoms with Crippen molar-refractivity contribution >= 4 is 18.5 Å². The molecule has 0 aromatic heterocycles. The molecule has 1 saturated carbocycles. The first kappa shape index (κ1) is 15.6. The molecule has 0 aromatic rings. The van der Waals surface area contributed by atoms with Gasteiger partial charge in [-0.25, -0.2) is 4.79 Å². The van der Waals surface area contributed by atoms with E-state index in [0.717, 1.165) is 19.5 Å². The average molecular weight is 277 g/mol. The van der Waals surface area contributed by atoms with E-state index in [1.807, 2.05) is 20.8 Å². The van der Waals surface area contributed by atoms with Gasteiger partial charge in [0.05, 0.1) is 0 Å². The number of halogens is 1. The summed E-state index contributed by atoms with van der Waals surface area (Å²) in [6, 6.07) is 0.290. The van der Waals surface area contributed by atoms with Crippen LogP contribution in [0.4, 0.5) is 4.79 Å². The van der Waals surface area contributed by atoms with E-state index in [2.05, 4.69) is 10.6 Å². The fraction of sp³-hybridized carbons (Fsp3) is 0.923. The van der Waals surface area contributed by atoms with Gasteiger partial charge in [0.25, 0.3) is 0 Å². The van der Waals surface area contributed by atoms with Crippen molar-refractivity contribution in [2.75, 3.05) is 13.1 Å². The van der Waals surface area contributed by atoms with Crippen molar-refractivity contribution in [1.82, 2.24) is 10.6 Å². The molecule has 2 aliphatic heterocycles. The Morgan fingerprint density at radius 2 is 2.00 bits per heavy atom. The topological polar surface area (TPSA) is 50.4 Å². The number of alkyl carbamates (subject to hydrolysis) is 1. The highest BCUT2D eigenvalue weighted by molar-refractivity contribution is 5.85. The van der Waals surface area contributed by atoms with E-state index in [0.29, 0.717) is 17.9 Å². The molecule has 2 saturated heterocycles. The molecule has 18 heavy (non-hydrogen) atoms. The van der Waals surface area contributed by atoms with Crippen LogP contribution < -0.4 is 10.6 Å². The Labute approximate surface area is 116 Å². The van der Waals surface area contributed by atoms with Crippen molar-refractivity contribution in [2.24, 2.45) is 11.8 Å². The van der Waals surface area contributed by atoms with Crippen molar-refractivity contribution < 1.29 is 9.53 Å². The molecular formula is C13H25ClN2O2. The first-order valence-corrected chi connectivity index (χ1v) is 6.64.